The van der Waals surface area contributed by atoms with E-state index in [1.165, 1.54) is 6.20 Å². The Morgan fingerprint density at radius 1 is 1.37 bits per heavy atom. The minimum Gasteiger partial charge on any atom is -0.477 e. The second-order valence-electron chi connectivity index (χ2n) is 8.11. The summed E-state index contributed by atoms with van der Waals surface area (Å²) in [6.07, 6.45) is 2.73. The summed E-state index contributed by atoms with van der Waals surface area (Å²) in [6.45, 7) is 6.66. The number of halogens is 1. The summed E-state index contributed by atoms with van der Waals surface area (Å²) in [5.41, 5.74) is 4.47. The minimum absolute atomic E-state index is 0.0421. The van der Waals surface area contributed by atoms with Crippen molar-refractivity contribution in [2.24, 2.45) is 5.73 Å². The van der Waals surface area contributed by atoms with E-state index in [2.05, 4.69) is 4.98 Å². The molecule has 0 amide bonds. The molecular formula is C18H25FN4O6S. The van der Waals surface area contributed by atoms with Crippen LogP contribution < -0.4 is 16.1 Å². The van der Waals surface area contributed by atoms with Crippen LogP contribution in [0.5, 0.6) is 0 Å². The smallest absolute Gasteiger partial charge is 0.341 e. The molecule has 12 heteroatoms. The molecule has 3 heterocycles. The third kappa shape index (κ3) is 5.52. The van der Waals surface area contributed by atoms with Gasteiger partial charge in [-0.2, -0.15) is 8.42 Å². The number of rotatable bonds is 2. The number of aromatic carboxylic acids is 1. The Morgan fingerprint density at radius 3 is 2.37 bits per heavy atom. The van der Waals surface area contributed by atoms with E-state index in [1.807, 2.05) is 20.8 Å². The van der Waals surface area contributed by atoms with E-state index < -0.39 is 38.4 Å². The Bertz CT molecular complexity index is 1130. The van der Waals surface area contributed by atoms with Crippen molar-refractivity contribution in [3.05, 3.63) is 33.9 Å². The summed E-state index contributed by atoms with van der Waals surface area (Å²) >= 11 is 0. The Balaban J connectivity index is 0.000000575. The molecule has 0 spiro atoms. The van der Waals surface area contributed by atoms with Crippen molar-refractivity contribution in [1.29, 1.82) is 0 Å². The van der Waals surface area contributed by atoms with Crippen LogP contribution in [0.2, 0.25) is 0 Å². The first-order valence-corrected chi connectivity index (χ1v) is 10.9. The first kappa shape index (κ1) is 23.7. The van der Waals surface area contributed by atoms with Crippen molar-refractivity contribution in [3.8, 4) is 0 Å². The van der Waals surface area contributed by atoms with Gasteiger partial charge in [-0.1, -0.05) is 0 Å². The van der Waals surface area contributed by atoms with Crippen LogP contribution in [0.1, 0.15) is 37.6 Å². The quantitative estimate of drug-likeness (QED) is 0.576. The molecule has 1 aliphatic heterocycles. The largest absolute Gasteiger partial charge is 0.477 e. The van der Waals surface area contributed by atoms with Gasteiger partial charge in [0.1, 0.15) is 11.2 Å². The van der Waals surface area contributed by atoms with Crippen molar-refractivity contribution in [2.45, 2.75) is 38.8 Å². The molecule has 30 heavy (non-hydrogen) atoms. The van der Waals surface area contributed by atoms with Crippen LogP contribution in [-0.2, 0) is 15.7 Å². The number of hydrogen-bond acceptors (Lipinski definition) is 7. The maximum absolute atomic E-state index is 14.6. The van der Waals surface area contributed by atoms with E-state index in [-0.39, 0.29) is 22.9 Å². The molecule has 2 aromatic rings. The fourth-order valence-electron chi connectivity index (χ4n) is 3.08. The zero-order chi connectivity index (χ0) is 23.0. The van der Waals surface area contributed by atoms with Gasteiger partial charge in [0.15, 0.2) is 11.6 Å². The van der Waals surface area contributed by atoms with Gasteiger partial charge < -0.3 is 20.3 Å². The number of hydrogen-bond donors (Lipinski definition) is 3. The highest BCUT2D eigenvalue weighted by atomic mass is 32.2. The Morgan fingerprint density at radius 2 is 1.93 bits per heavy atom. The number of anilines is 1. The maximum atomic E-state index is 14.6. The van der Waals surface area contributed by atoms with Crippen molar-refractivity contribution >= 4 is 32.9 Å². The second kappa shape index (κ2) is 8.28. The summed E-state index contributed by atoms with van der Waals surface area (Å²) in [4.78, 5) is 30.0. The highest BCUT2D eigenvalue weighted by Crippen LogP contribution is 2.27. The van der Waals surface area contributed by atoms with Gasteiger partial charge in [-0.15, -0.1) is 0 Å². The van der Waals surface area contributed by atoms with E-state index in [9.17, 15) is 27.5 Å². The molecule has 0 aliphatic carbocycles. The zero-order valence-corrected chi connectivity index (χ0v) is 17.9. The van der Waals surface area contributed by atoms with Gasteiger partial charge in [0.05, 0.1) is 11.6 Å². The number of carbonyl (C=O) groups is 1. The SMILES string of the molecule is CC(C)(C)n1cc(C(=O)O)c(=O)c2cc(F)c(N3CCC(N)C3)nc21.CS(=O)(=O)O. The predicted octanol–water partition coefficient (Wildman–Crippen LogP) is 1.03. The van der Waals surface area contributed by atoms with Crippen molar-refractivity contribution in [2.75, 3.05) is 24.2 Å². The number of carboxylic acids is 1. The average Bonchev–Trinajstić information content (AvgIpc) is 2.98. The van der Waals surface area contributed by atoms with Crippen LogP contribution in [0.25, 0.3) is 11.0 Å². The van der Waals surface area contributed by atoms with E-state index in [0.29, 0.717) is 19.3 Å². The Hall–Kier alpha value is -2.57. The molecule has 0 radical (unpaired) electrons. The molecule has 2 aromatic heterocycles. The van der Waals surface area contributed by atoms with E-state index in [4.69, 9.17) is 10.3 Å². The highest BCUT2D eigenvalue weighted by molar-refractivity contribution is 7.85. The average molecular weight is 444 g/mol. The summed E-state index contributed by atoms with van der Waals surface area (Å²) in [5.74, 6) is -1.86. The molecule has 0 aromatic carbocycles. The van der Waals surface area contributed by atoms with Gasteiger partial charge in [-0.25, -0.2) is 14.2 Å². The monoisotopic (exact) mass is 444 g/mol. The van der Waals surface area contributed by atoms with Gasteiger partial charge in [-0.3, -0.25) is 9.35 Å². The van der Waals surface area contributed by atoms with Crippen molar-refractivity contribution in [3.63, 3.8) is 0 Å². The fourth-order valence-corrected chi connectivity index (χ4v) is 3.08. The van der Waals surface area contributed by atoms with Gasteiger partial charge in [-0.05, 0) is 33.3 Å². The summed E-state index contributed by atoms with van der Waals surface area (Å²) in [6, 6.07) is 1.04. The molecular weight excluding hydrogens is 419 g/mol. The Labute approximate surface area is 172 Å². The maximum Gasteiger partial charge on any atom is 0.341 e. The molecule has 1 unspecified atom stereocenters. The molecule has 3 rings (SSSR count). The van der Waals surface area contributed by atoms with Crippen molar-refractivity contribution < 1.29 is 27.3 Å². The van der Waals surface area contributed by atoms with Crippen LogP contribution in [0, 0.1) is 5.82 Å². The van der Waals surface area contributed by atoms with E-state index in [0.717, 1.165) is 12.5 Å². The predicted molar refractivity (Wildman–Crippen MR) is 110 cm³/mol. The minimum atomic E-state index is -3.67. The molecule has 1 aliphatic rings. The number of aromatic nitrogens is 2. The highest BCUT2D eigenvalue weighted by Gasteiger charge is 2.27. The molecule has 166 valence electrons. The van der Waals surface area contributed by atoms with Crippen LogP contribution in [-0.4, -0.2) is 59.0 Å². The summed E-state index contributed by atoms with van der Waals surface area (Å²) in [7, 11) is -3.67. The summed E-state index contributed by atoms with van der Waals surface area (Å²) < 4.78 is 42.1. The van der Waals surface area contributed by atoms with E-state index in [1.54, 1.807) is 9.47 Å². The topological polar surface area (TPSA) is 156 Å². The van der Waals surface area contributed by atoms with Crippen LogP contribution >= 0.6 is 0 Å². The molecule has 1 saturated heterocycles. The van der Waals surface area contributed by atoms with E-state index >= 15 is 0 Å². The molecule has 1 atom stereocenters. The van der Waals surface area contributed by atoms with Crippen molar-refractivity contribution in [1.82, 2.24) is 9.55 Å². The second-order valence-corrected chi connectivity index (χ2v) is 9.58. The van der Waals surface area contributed by atoms with Crippen LogP contribution in [0.15, 0.2) is 17.1 Å². The zero-order valence-electron chi connectivity index (χ0n) is 17.1. The lowest BCUT2D eigenvalue weighted by molar-refractivity contribution is 0.0694. The molecule has 0 bridgehead atoms. The number of nitrogens with zero attached hydrogens (tertiary/aromatic N) is 3. The normalized spacial score (nSPS) is 17.0. The number of pyridine rings is 2. The third-order valence-corrected chi connectivity index (χ3v) is 4.39. The standard InChI is InChI=1S/C17H21FN4O3.CH4O3S/c1-17(2,3)22-8-11(16(24)25)13(23)10-6-12(18)15(20-14(10)22)21-5-4-9(19)7-21;1-5(2,3)4/h6,8-9H,4-5,7,19H2,1-3H3,(H,24,25);1H3,(H,2,3,4). The number of carboxylic acid groups (broad SMARTS) is 1. The first-order chi connectivity index (χ1) is 13.6. The molecule has 4 N–H and O–H groups in total. The van der Waals surface area contributed by atoms with Gasteiger partial charge in [0, 0.05) is 30.9 Å². The first-order valence-electron chi connectivity index (χ1n) is 9.02. The van der Waals surface area contributed by atoms with Crippen LogP contribution in [0.3, 0.4) is 0 Å². The summed E-state index contributed by atoms with van der Waals surface area (Å²) in [5, 5.41) is 9.25. The Kier molecular flexibility index (Phi) is 6.54. The lowest BCUT2D eigenvalue weighted by Crippen LogP contribution is -2.30. The molecule has 0 saturated carbocycles. The fraction of sp³-hybridized carbons (Fsp3) is 0.500. The van der Waals surface area contributed by atoms with Gasteiger partial charge in [0.2, 0.25) is 5.43 Å². The number of fused-ring (bicyclic) bond motifs is 1. The third-order valence-electron chi connectivity index (χ3n) is 4.39. The number of nitrogens with two attached hydrogens (primary N) is 1. The molecule has 10 nitrogen and oxygen atoms in total. The lowest BCUT2D eigenvalue weighted by atomic mass is 10.1. The lowest BCUT2D eigenvalue weighted by Gasteiger charge is -2.26. The van der Waals surface area contributed by atoms with Crippen LogP contribution in [0.4, 0.5) is 10.2 Å². The molecule has 1 fully saturated rings. The van der Waals surface area contributed by atoms with Gasteiger partial charge in [0.25, 0.3) is 10.1 Å². The van der Waals surface area contributed by atoms with Gasteiger partial charge >= 0.3 is 5.97 Å².